The summed E-state index contributed by atoms with van der Waals surface area (Å²) in [5.74, 6) is 1.63. The number of likely N-dealkylation sites (tertiary alicyclic amines) is 1. The molecule has 1 aliphatic rings. The van der Waals surface area contributed by atoms with Gasteiger partial charge in [-0.2, -0.15) is 0 Å². The Morgan fingerprint density at radius 2 is 2.10 bits per heavy atom. The lowest BCUT2D eigenvalue weighted by atomic mass is 10.1. The zero-order valence-corrected chi connectivity index (χ0v) is 17.8. The minimum Gasteiger partial charge on any atom is -0.373 e. The van der Waals surface area contributed by atoms with Gasteiger partial charge in [-0.15, -0.1) is 0 Å². The van der Waals surface area contributed by atoms with Crippen LogP contribution in [-0.2, 0) is 17.9 Å². The van der Waals surface area contributed by atoms with Gasteiger partial charge in [0, 0.05) is 45.2 Å². The van der Waals surface area contributed by atoms with Gasteiger partial charge in [0.1, 0.15) is 11.6 Å². The van der Waals surface area contributed by atoms with E-state index in [4.69, 9.17) is 9.97 Å². The number of benzene rings is 1. The highest BCUT2D eigenvalue weighted by Gasteiger charge is 2.29. The molecule has 4 rings (SSSR count). The molecule has 0 spiro atoms. The van der Waals surface area contributed by atoms with E-state index in [1.54, 1.807) is 18.9 Å². The van der Waals surface area contributed by atoms with Crippen molar-refractivity contribution in [3.63, 3.8) is 0 Å². The number of hydrogen-bond acceptors (Lipinski definition) is 6. The fourth-order valence-corrected chi connectivity index (χ4v) is 4.05. The van der Waals surface area contributed by atoms with Crippen LogP contribution in [0.1, 0.15) is 42.9 Å². The van der Waals surface area contributed by atoms with Gasteiger partial charge >= 0.3 is 0 Å². The number of nitrogens with one attached hydrogen (secondary N) is 1. The molecular formula is C23H28N6O. The summed E-state index contributed by atoms with van der Waals surface area (Å²) in [6.07, 6.45) is 4.03. The van der Waals surface area contributed by atoms with Crippen molar-refractivity contribution in [1.82, 2.24) is 24.8 Å². The van der Waals surface area contributed by atoms with Crippen molar-refractivity contribution >= 4 is 22.6 Å². The molecule has 156 valence electrons. The Balaban J connectivity index is 1.62. The van der Waals surface area contributed by atoms with E-state index in [2.05, 4.69) is 39.5 Å². The Morgan fingerprint density at radius 3 is 2.90 bits per heavy atom. The summed E-state index contributed by atoms with van der Waals surface area (Å²) >= 11 is 0. The van der Waals surface area contributed by atoms with Gasteiger partial charge in [0.15, 0.2) is 0 Å². The summed E-state index contributed by atoms with van der Waals surface area (Å²) < 4.78 is 0. The molecule has 2 aromatic heterocycles. The van der Waals surface area contributed by atoms with Gasteiger partial charge in [0.05, 0.1) is 23.8 Å². The first kappa shape index (κ1) is 20.2. The minimum atomic E-state index is 0.0215. The van der Waals surface area contributed by atoms with Crippen LogP contribution in [0.5, 0.6) is 0 Å². The fourth-order valence-electron chi connectivity index (χ4n) is 4.05. The lowest BCUT2D eigenvalue weighted by molar-refractivity contribution is -0.128. The van der Waals surface area contributed by atoms with Crippen LogP contribution in [0.15, 0.2) is 42.6 Å². The second-order valence-electron chi connectivity index (χ2n) is 7.84. The Morgan fingerprint density at radius 1 is 1.27 bits per heavy atom. The van der Waals surface area contributed by atoms with Crippen molar-refractivity contribution in [2.75, 3.05) is 26.0 Å². The molecule has 1 aromatic carbocycles. The number of nitrogens with zero attached hydrogens (tertiary/aromatic N) is 5. The maximum atomic E-state index is 11.7. The highest BCUT2D eigenvalue weighted by Crippen LogP contribution is 2.33. The summed E-state index contributed by atoms with van der Waals surface area (Å²) in [6, 6.07) is 12.5. The molecule has 7 nitrogen and oxygen atoms in total. The molecule has 1 aliphatic heterocycles. The van der Waals surface area contributed by atoms with Crippen molar-refractivity contribution in [2.24, 2.45) is 0 Å². The predicted molar refractivity (Wildman–Crippen MR) is 118 cm³/mol. The zero-order valence-electron chi connectivity index (χ0n) is 17.8. The lowest BCUT2D eigenvalue weighted by Gasteiger charge is -2.25. The topological polar surface area (TPSA) is 74.2 Å². The summed E-state index contributed by atoms with van der Waals surface area (Å²) in [6.45, 7) is 3.89. The molecule has 30 heavy (non-hydrogen) atoms. The van der Waals surface area contributed by atoms with Crippen LogP contribution in [0.4, 0.5) is 5.82 Å². The average Bonchev–Trinajstić information content (AvgIpc) is 3.22. The molecular weight excluding hydrogens is 376 g/mol. The van der Waals surface area contributed by atoms with E-state index in [0.29, 0.717) is 6.54 Å². The minimum absolute atomic E-state index is 0.0215. The van der Waals surface area contributed by atoms with Crippen LogP contribution >= 0.6 is 0 Å². The Labute approximate surface area is 177 Å². The number of carbonyl (C=O) groups is 1. The van der Waals surface area contributed by atoms with E-state index in [-0.39, 0.29) is 11.9 Å². The fraction of sp³-hybridized carbons (Fsp3) is 0.391. The third-order valence-electron chi connectivity index (χ3n) is 5.76. The van der Waals surface area contributed by atoms with E-state index < -0.39 is 0 Å². The third kappa shape index (κ3) is 4.26. The van der Waals surface area contributed by atoms with Gasteiger partial charge in [0.2, 0.25) is 5.91 Å². The first-order valence-corrected chi connectivity index (χ1v) is 10.4. The maximum Gasteiger partial charge on any atom is 0.219 e. The molecule has 3 heterocycles. The number of anilines is 1. The van der Waals surface area contributed by atoms with E-state index in [9.17, 15) is 4.79 Å². The number of carbonyl (C=O) groups excluding carboxylic acids is 1. The molecule has 1 N–H and O–H groups in total. The van der Waals surface area contributed by atoms with Crippen molar-refractivity contribution in [3.8, 4) is 0 Å². The van der Waals surface area contributed by atoms with Crippen LogP contribution in [0.2, 0.25) is 0 Å². The summed E-state index contributed by atoms with van der Waals surface area (Å²) in [5.41, 5.74) is 3.14. The van der Waals surface area contributed by atoms with E-state index in [1.165, 1.54) is 10.9 Å². The lowest BCUT2D eigenvalue weighted by Crippen LogP contribution is -2.27. The van der Waals surface area contributed by atoms with Crippen LogP contribution < -0.4 is 5.32 Å². The third-order valence-corrected chi connectivity index (χ3v) is 5.76. The maximum absolute atomic E-state index is 11.7. The number of amides is 1. The van der Waals surface area contributed by atoms with Gasteiger partial charge in [0.25, 0.3) is 0 Å². The van der Waals surface area contributed by atoms with Gasteiger partial charge in [-0.1, -0.05) is 18.2 Å². The van der Waals surface area contributed by atoms with E-state index in [1.807, 2.05) is 25.4 Å². The molecule has 0 aliphatic carbocycles. The molecule has 1 fully saturated rings. The summed E-state index contributed by atoms with van der Waals surface area (Å²) in [5, 5.41) is 4.33. The largest absolute Gasteiger partial charge is 0.373 e. The van der Waals surface area contributed by atoms with Crippen LogP contribution in [0.3, 0.4) is 0 Å². The molecule has 1 atom stereocenters. The van der Waals surface area contributed by atoms with Gasteiger partial charge in [-0.25, -0.2) is 9.97 Å². The predicted octanol–water partition coefficient (Wildman–Crippen LogP) is 3.38. The van der Waals surface area contributed by atoms with Gasteiger partial charge < -0.3 is 10.2 Å². The van der Waals surface area contributed by atoms with Crippen molar-refractivity contribution < 1.29 is 4.79 Å². The molecule has 1 unspecified atom stereocenters. The smallest absolute Gasteiger partial charge is 0.219 e. The second-order valence-corrected chi connectivity index (χ2v) is 7.84. The Hall–Kier alpha value is -3.06. The molecule has 1 saturated heterocycles. The number of aromatic nitrogens is 3. The van der Waals surface area contributed by atoms with E-state index >= 15 is 0 Å². The van der Waals surface area contributed by atoms with Crippen LogP contribution in [-0.4, -0.2) is 51.3 Å². The molecule has 0 radical (unpaired) electrons. The Bertz CT molecular complexity index is 1050. The zero-order chi connectivity index (χ0) is 21.1. The number of pyridine rings is 1. The first-order valence-electron chi connectivity index (χ1n) is 10.4. The van der Waals surface area contributed by atoms with Crippen LogP contribution in [0, 0.1) is 0 Å². The number of para-hydroxylation sites is 1. The van der Waals surface area contributed by atoms with Gasteiger partial charge in [-0.3, -0.25) is 14.7 Å². The molecule has 0 bridgehead atoms. The highest BCUT2D eigenvalue weighted by atomic mass is 16.2. The van der Waals surface area contributed by atoms with E-state index in [0.717, 1.165) is 48.8 Å². The Kier molecular flexibility index (Phi) is 5.90. The molecule has 3 aromatic rings. The van der Waals surface area contributed by atoms with Crippen molar-refractivity contribution in [3.05, 3.63) is 59.7 Å². The monoisotopic (exact) mass is 404 g/mol. The molecule has 1 amide bonds. The SMILES string of the molecule is CNc1cc(CN(C)C(C)=O)nc(C2CCCN2Cc2ccnc3ccccc23)n1. The van der Waals surface area contributed by atoms with Crippen molar-refractivity contribution in [1.29, 1.82) is 0 Å². The molecule has 0 saturated carbocycles. The standard InChI is InChI=1S/C23H28N6O/c1-16(30)28(3)15-18-13-22(24-2)27-23(26-18)21-9-6-12-29(21)14-17-10-11-25-20-8-5-4-7-19(17)20/h4-5,7-8,10-11,13,21H,6,9,12,14-15H2,1-3H3,(H,24,26,27). The summed E-state index contributed by atoms with van der Waals surface area (Å²) in [7, 11) is 3.65. The quantitative estimate of drug-likeness (QED) is 0.679. The normalized spacial score (nSPS) is 16.7. The number of hydrogen-bond donors (Lipinski definition) is 1. The average molecular weight is 405 g/mol. The van der Waals surface area contributed by atoms with Crippen molar-refractivity contribution in [2.45, 2.75) is 38.9 Å². The van der Waals surface area contributed by atoms with Gasteiger partial charge in [-0.05, 0) is 37.1 Å². The summed E-state index contributed by atoms with van der Waals surface area (Å²) in [4.78, 5) is 29.9. The number of rotatable bonds is 6. The highest BCUT2D eigenvalue weighted by molar-refractivity contribution is 5.81. The number of fused-ring (bicyclic) bond motifs is 1. The first-order chi connectivity index (χ1) is 14.5. The van der Waals surface area contributed by atoms with Crippen LogP contribution in [0.25, 0.3) is 10.9 Å². The molecule has 7 heteroatoms. The second kappa shape index (κ2) is 8.75.